The molecule has 1 heterocycles. The summed E-state index contributed by atoms with van der Waals surface area (Å²) in [6.45, 7) is 6.28. The van der Waals surface area contributed by atoms with Crippen LogP contribution in [0, 0.1) is 6.92 Å². The number of hydrogen-bond donors (Lipinski definition) is 2. The van der Waals surface area contributed by atoms with Crippen molar-refractivity contribution in [3.05, 3.63) is 71.5 Å². The highest BCUT2D eigenvalue weighted by Crippen LogP contribution is 2.20. The number of methoxy groups -OCH3 is 1. The molecule has 2 N–H and O–H groups in total. The van der Waals surface area contributed by atoms with E-state index < -0.39 is 0 Å². The number of fused-ring (bicyclic) bond motifs is 1. The van der Waals surface area contributed by atoms with Gasteiger partial charge in [0.05, 0.1) is 19.3 Å². The van der Waals surface area contributed by atoms with Crippen molar-refractivity contribution in [3.63, 3.8) is 0 Å². The molecule has 0 aliphatic rings. The standard InChI is InChI=1S/C23H28N4O/c1-4-24-23(26-14-12-19-15-17(2)9-10-22(19)28-3)27-16-21-20-8-6-5-7-18(20)11-13-25-21/h5-11,13,15H,4,12,14,16H2,1-3H3,(H2,24,26,27). The molecular weight excluding hydrogens is 348 g/mol. The largest absolute Gasteiger partial charge is 0.496 e. The zero-order chi connectivity index (χ0) is 19.8. The molecule has 28 heavy (non-hydrogen) atoms. The summed E-state index contributed by atoms with van der Waals surface area (Å²) in [6, 6.07) is 16.6. The van der Waals surface area contributed by atoms with E-state index in [1.165, 1.54) is 16.5 Å². The normalized spacial score (nSPS) is 11.5. The highest BCUT2D eigenvalue weighted by Gasteiger charge is 2.05. The Morgan fingerprint density at radius 3 is 2.79 bits per heavy atom. The van der Waals surface area contributed by atoms with Crippen molar-refractivity contribution in [2.24, 2.45) is 4.99 Å². The highest BCUT2D eigenvalue weighted by atomic mass is 16.5. The molecule has 0 amide bonds. The van der Waals surface area contributed by atoms with Crippen LogP contribution in [0.4, 0.5) is 0 Å². The van der Waals surface area contributed by atoms with E-state index in [-0.39, 0.29) is 0 Å². The number of nitrogens with zero attached hydrogens (tertiary/aromatic N) is 2. The molecule has 0 spiro atoms. The lowest BCUT2D eigenvalue weighted by molar-refractivity contribution is 0.409. The van der Waals surface area contributed by atoms with Crippen molar-refractivity contribution in [1.82, 2.24) is 15.6 Å². The molecule has 0 bridgehead atoms. The average Bonchev–Trinajstić information content (AvgIpc) is 2.72. The lowest BCUT2D eigenvalue weighted by Gasteiger charge is -2.13. The topological polar surface area (TPSA) is 58.5 Å². The van der Waals surface area contributed by atoms with Gasteiger partial charge in [-0.3, -0.25) is 4.98 Å². The fourth-order valence-corrected chi connectivity index (χ4v) is 3.22. The predicted molar refractivity (Wildman–Crippen MR) is 116 cm³/mol. The second-order valence-corrected chi connectivity index (χ2v) is 6.67. The van der Waals surface area contributed by atoms with Crippen LogP contribution in [0.1, 0.15) is 23.7 Å². The van der Waals surface area contributed by atoms with Gasteiger partial charge in [0, 0.05) is 24.7 Å². The van der Waals surface area contributed by atoms with Crippen LogP contribution in [-0.4, -0.2) is 31.1 Å². The Balaban J connectivity index is 1.67. The second-order valence-electron chi connectivity index (χ2n) is 6.67. The van der Waals surface area contributed by atoms with Gasteiger partial charge in [-0.25, -0.2) is 4.99 Å². The minimum Gasteiger partial charge on any atom is -0.496 e. The fourth-order valence-electron chi connectivity index (χ4n) is 3.22. The van der Waals surface area contributed by atoms with E-state index in [4.69, 9.17) is 9.73 Å². The Hall–Kier alpha value is -3.08. The molecule has 0 fully saturated rings. The molecule has 0 radical (unpaired) electrons. The number of rotatable bonds is 7. The van der Waals surface area contributed by atoms with Gasteiger partial charge in [-0.1, -0.05) is 42.0 Å². The Morgan fingerprint density at radius 2 is 1.96 bits per heavy atom. The molecule has 0 unspecified atom stereocenters. The quantitative estimate of drug-likeness (QED) is 0.486. The van der Waals surface area contributed by atoms with Crippen LogP contribution in [0.25, 0.3) is 10.8 Å². The van der Waals surface area contributed by atoms with Crippen molar-refractivity contribution >= 4 is 16.7 Å². The van der Waals surface area contributed by atoms with Gasteiger partial charge in [0.1, 0.15) is 5.75 Å². The lowest BCUT2D eigenvalue weighted by atomic mass is 10.1. The first-order valence-corrected chi connectivity index (χ1v) is 9.69. The van der Waals surface area contributed by atoms with Gasteiger partial charge in [0.2, 0.25) is 0 Å². The number of hydrogen-bond acceptors (Lipinski definition) is 3. The zero-order valence-electron chi connectivity index (χ0n) is 16.8. The first-order chi connectivity index (χ1) is 13.7. The van der Waals surface area contributed by atoms with Gasteiger partial charge in [-0.2, -0.15) is 0 Å². The maximum atomic E-state index is 5.47. The number of guanidine groups is 1. The Kier molecular flexibility index (Phi) is 6.84. The number of aryl methyl sites for hydroxylation is 1. The summed E-state index contributed by atoms with van der Waals surface area (Å²) in [6.07, 6.45) is 2.71. The van der Waals surface area contributed by atoms with E-state index in [1.54, 1.807) is 7.11 Å². The van der Waals surface area contributed by atoms with Crippen LogP contribution in [0.5, 0.6) is 5.75 Å². The van der Waals surface area contributed by atoms with Gasteiger partial charge in [-0.05, 0) is 43.4 Å². The third-order valence-electron chi connectivity index (χ3n) is 4.61. The smallest absolute Gasteiger partial charge is 0.191 e. The van der Waals surface area contributed by atoms with Gasteiger partial charge < -0.3 is 15.4 Å². The van der Waals surface area contributed by atoms with E-state index in [1.807, 2.05) is 30.5 Å². The molecule has 146 valence electrons. The zero-order valence-corrected chi connectivity index (χ0v) is 16.8. The minimum absolute atomic E-state index is 0.532. The number of aromatic nitrogens is 1. The molecular formula is C23H28N4O. The van der Waals surface area contributed by atoms with Crippen LogP contribution >= 0.6 is 0 Å². The summed E-state index contributed by atoms with van der Waals surface area (Å²) < 4.78 is 5.47. The first-order valence-electron chi connectivity index (χ1n) is 9.69. The molecule has 3 aromatic rings. The molecule has 5 nitrogen and oxygen atoms in total. The molecule has 0 atom stereocenters. The van der Waals surface area contributed by atoms with Crippen molar-refractivity contribution in [2.45, 2.75) is 26.8 Å². The van der Waals surface area contributed by atoms with Crippen molar-refractivity contribution in [1.29, 1.82) is 0 Å². The SMILES string of the molecule is CCNC(=NCc1nccc2ccccc12)NCCc1cc(C)ccc1OC. The Morgan fingerprint density at radius 1 is 1.11 bits per heavy atom. The third kappa shape index (κ3) is 5.00. The maximum Gasteiger partial charge on any atom is 0.191 e. The van der Waals surface area contributed by atoms with Gasteiger partial charge in [0.25, 0.3) is 0 Å². The molecule has 0 aliphatic heterocycles. The Bertz CT molecular complexity index is 947. The maximum absolute atomic E-state index is 5.47. The summed E-state index contributed by atoms with van der Waals surface area (Å²) in [4.78, 5) is 9.25. The van der Waals surface area contributed by atoms with Crippen molar-refractivity contribution < 1.29 is 4.74 Å². The predicted octanol–water partition coefficient (Wildman–Crippen LogP) is 3.85. The molecule has 5 heteroatoms. The van der Waals surface area contributed by atoms with Gasteiger partial charge in [0.15, 0.2) is 5.96 Å². The van der Waals surface area contributed by atoms with E-state index in [0.717, 1.165) is 42.3 Å². The van der Waals surface area contributed by atoms with Crippen molar-refractivity contribution in [2.75, 3.05) is 20.2 Å². The van der Waals surface area contributed by atoms with E-state index >= 15 is 0 Å². The molecule has 3 rings (SSSR count). The number of aliphatic imine (C=N–C) groups is 1. The molecule has 0 saturated carbocycles. The summed E-state index contributed by atoms with van der Waals surface area (Å²) in [7, 11) is 1.71. The third-order valence-corrected chi connectivity index (χ3v) is 4.61. The summed E-state index contributed by atoms with van der Waals surface area (Å²) in [5, 5.41) is 9.06. The lowest BCUT2D eigenvalue weighted by Crippen LogP contribution is -2.38. The van der Waals surface area contributed by atoms with E-state index in [2.05, 4.69) is 53.7 Å². The van der Waals surface area contributed by atoms with Gasteiger partial charge in [-0.15, -0.1) is 0 Å². The van der Waals surface area contributed by atoms with E-state index in [0.29, 0.717) is 6.54 Å². The first kappa shape index (κ1) is 19.7. The molecule has 1 aromatic heterocycles. The van der Waals surface area contributed by atoms with Crippen LogP contribution in [0.15, 0.2) is 59.7 Å². The minimum atomic E-state index is 0.532. The number of ether oxygens (including phenoxy) is 1. The van der Waals surface area contributed by atoms with Crippen molar-refractivity contribution in [3.8, 4) is 5.75 Å². The summed E-state index contributed by atoms with van der Waals surface area (Å²) in [5.41, 5.74) is 3.41. The average molecular weight is 377 g/mol. The number of benzene rings is 2. The van der Waals surface area contributed by atoms with Crippen LogP contribution in [0.3, 0.4) is 0 Å². The number of pyridine rings is 1. The summed E-state index contributed by atoms with van der Waals surface area (Å²) >= 11 is 0. The highest BCUT2D eigenvalue weighted by molar-refractivity contribution is 5.85. The molecule has 2 aromatic carbocycles. The molecule has 0 aliphatic carbocycles. The monoisotopic (exact) mass is 376 g/mol. The van der Waals surface area contributed by atoms with E-state index in [9.17, 15) is 0 Å². The summed E-state index contributed by atoms with van der Waals surface area (Å²) in [5.74, 6) is 1.72. The number of nitrogens with one attached hydrogen (secondary N) is 2. The van der Waals surface area contributed by atoms with Crippen LogP contribution in [-0.2, 0) is 13.0 Å². The van der Waals surface area contributed by atoms with Crippen LogP contribution < -0.4 is 15.4 Å². The van der Waals surface area contributed by atoms with Gasteiger partial charge >= 0.3 is 0 Å². The molecule has 0 saturated heterocycles. The van der Waals surface area contributed by atoms with Crippen LogP contribution in [0.2, 0.25) is 0 Å². The Labute approximate surface area is 166 Å². The fraction of sp³-hybridized carbons (Fsp3) is 0.304. The second kappa shape index (κ2) is 9.74.